The van der Waals surface area contributed by atoms with Crippen molar-refractivity contribution in [2.24, 2.45) is 0 Å². The molecule has 1 aromatic carbocycles. The summed E-state index contributed by atoms with van der Waals surface area (Å²) in [5.41, 5.74) is 4.16. The summed E-state index contributed by atoms with van der Waals surface area (Å²) in [4.78, 5) is 14.2. The third kappa shape index (κ3) is 4.94. The third-order valence-corrected chi connectivity index (χ3v) is 5.08. The molecule has 0 unspecified atom stereocenters. The molecular weight excluding hydrogens is 386 g/mol. The lowest BCUT2D eigenvalue weighted by molar-refractivity contribution is 0.0856. The Balaban J connectivity index is 1.24. The first-order valence-electron chi connectivity index (χ1n) is 9.98. The van der Waals surface area contributed by atoms with E-state index in [1.807, 2.05) is 26.0 Å². The van der Waals surface area contributed by atoms with Gasteiger partial charge in [-0.05, 0) is 32.3 Å². The summed E-state index contributed by atoms with van der Waals surface area (Å²) in [6.07, 6.45) is 2.85. The minimum atomic E-state index is -0.284. The number of aromatic nitrogens is 5. The van der Waals surface area contributed by atoms with Gasteiger partial charge in [0, 0.05) is 19.0 Å². The maximum atomic E-state index is 12.4. The predicted molar refractivity (Wildman–Crippen MR) is 108 cm³/mol. The SMILES string of the molecule is Cc1cc(C)cc(COC(=O)N2CCC(c3nnc(NCc4cnn[nH]4)o3)CC2)c1. The number of hydrogen-bond donors (Lipinski definition) is 2. The van der Waals surface area contributed by atoms with Gasteiger partial charge >= 0.3 is 12.1 Å². The summed E-state index contributed by atoms with van der Waals surface area (Å²) in [7, 11) is 0. The molecule has 4 rings (SSSR count). The number of aromatic amines is 1. The maximum absolute atomic E-state index is 12.4. The molecule has 158 valence electrons. The molecule has 10 nitrogen and oxygen atoms in total. The van der Waals surface area contributed by atoms with Crippen LogP contribution in [-0.2, 0) is 17.9 Å². The van der Waals surface area contributed by atoms with Crippen LogP contribution in [0.1, 0.15) is 47.0 Å². The van der Waals surface area contributed by atoms with Crippen molar-refractivity contribution in [3.63, 3.8) is 0 Å². The van der Waals surface area contributed by atoms with Crippen LogP contribution in [-0.4, -0.2) is 49.7 Å². The fourth-order valence-electron chi connectivity index (χ4n) is 3.65. The van der Waals surface area contributed by atoms with Crippen molar-refractivity contribution < 1.29 is 13.9 Å². The first-order chi connectivity index (χ1) is 14.6. The minimum absolute atomic E-state index is 0.130. The number of rotatable bonds is 6. The van der Waals surface area contributed by atoms with E-state index in [9.17, 15) is 4.79 Å². The summed E-state index contributed by atoms with van der Waals surface area (Å²) in [5.74, 6) is 0.717. The van der Waals surface area contributed by atoms with E-state index in [2.05, 4.69) is 37.0 Å². The molecule has 0 spiro atoms. The van der Waals surface area contributed by atoms with Crippen LogP contribution in [0.25, 0.3) is 0 Å². The molecule has 3 aromatic rings. The van der Waals surface area contributed by atoms with Crippen molar-refractivity contribution in [3.05, 3.63) is 52.7 Å². The summed E-state index contributed by atoms with van der Waals surface area (Å²) >= 11 is 0. The predicted octanol–water partition coefficient (Wildman–Crippen LogP) is 2.93. The summed E-state index contributed by atoms with van der Waals surface area (Å²) < 4.78 is 11.2. The summed E-state index contributed by atoms with van der Waals surface area (Å²) in [6, 6.07) is 6.53. The number of amides is 1. The van der Waals surface area contributed by atoms with Crippen molar-refractivity contribution in [2.75, 3.05) is 18.4 Å². The number of anilines is 1. The van der Waals surface area contributed by atoms with Crippen molar-refractivity contribution in [1.82, 2.24) is 30.5 Å². The highest BCUT2D eigenvalue weighted by Crippen LogP contribution is 2.28. The Morgan fingerprint density at radius 1 is 1.23 bits per heavy atom. The molecule has 10 heteroatoms. The molecule has 3 heterocycles. The number of carbonyl (C=O) groups excluding carboxylic acids is 1. The van der Waals surface area contributed by atoms with E-state index in [1.54, 1.807) is 11.1 Å². The Kier molecular flexibility index (Phi) is 5.92. The number of likely N-dealkylation sites (tertiary alicyclic amines) is 1. The molecule has 1 aliphatic heterocycles. The fraction of sp³-hybridized carbons (Fsp3) is 0.450. The summed E-state index contributed by atoms with van der Waals surface area (Å²) in [6.45, 7) is 6.03. The van der Waals surface area contributed by atoms with E-state index in [0.29, 0.717) is 31.5 Å². The van der Waals surface area contributed by atoms with Gasteiger partial charge in [0.25, 0.3) is 0 Å². The molecule has 0 radical (unpaired) electrons. The number of ether oxygens (including phenoxy) is 1. The van der Waals surface area contributed by atoms with Crippen molar-refractivity contribution in [2.45, 2.75) is 45.8 Å². The highest BCUT2D eigenvalue weighted by atomic mass is 16.6. The van der Waals surface area contributed by atoms with Crippen LogP contribution >= 0.6 is 0 Å². The van der Waals surface area contributed by atoms with Crippen LogP contribution in [0.2, 0.25) is 0 Å². The van der Waals surface area contributed by atoms with Gasteiger partial charge in [-0.25, -0.2) is 4.79 Å². The van der Waals surface area contributed by atoms with Gasteiger partial charge < -0.3 is 19.4 Å². The molecule has 0 aliphatic carbocycles. The normalized spacial score (nSPS) is 14.7. The van der Waals surface area contributed by atoms with E-state index in [1.165, 1.54) is 0 Å². The number of hydrogen-bond acceptors (Lipinski definition) is 8. The van der Waals surface area contributed by atoms with Gasteiger partial charge in [-0.15, -0.1) is 10.2 Å². The first kappa shape index (κ1) is 19.9. The smallest absolute Gasteiger partial charge is 0.410 e. The van der Waals surface area contributed by atoms with Crippen molar-refractivity contribution in [1.29, 1.82) is 0 Å². The number of nitrogens with zero attached hydrogens (tertiary/aromatic N) is 5. The Bertz CT molecular complexity index is 958. The van der Waals surface area contributed by atoms with E-state index in [-0.39, 0.29) is 18.6 Å². The molecule has 1 aliphatic rings. The van der Waals surface area contributed by atoms with Crippen LogP contribution in [0.3, 0.4) is 0 Å². The average Bonchev–Trinajstić information content (AvgIpc) is 3.42. The van der Waals surface area contributed by atoms with E-state index in [0.717, 1.165) is 35.2 Å². The number of aryl methyl sites for hydroxylation is 2. The topological polar surface area (TPSA) is 122 Å². The zero-order valence-electron chi connectivity index (χ0n) is 17.1. The Morgan fingerprint density at radius 2 is 2.00 bits per heavy atom. The molecule has 2 N–H and O–H groups in total. The molecule has 1 saturated heterocycles. The van der Waals surface area contributed by atoms with E-state index in [4.69, 9.17) is 9.15 Å². The fourth-order valence-corrected chi connectivity index (χ4v) is 3.65. The van der Waals surface area contributed by atoms with Crippen LogP contribution in [0, 0.1) is 13.8 Å². The van der Waals surface area contributed by atoms with Gasteiger partial charge in [0.2, 0.25) is 5.89 Å². The number of carbonyl (C=O) groups is 1. The lowest BCUT2D eigenvalue weighted by Gasteiger charge is -2.29. The number of piperidine rings is 1. The van der Waals surface area contributed by atoms with Gasteiger partial charge in [0.1, 0.15) is 6.61 Å². The number of H-pyrrole nitrogens is 1. The van der Waals surface area contributed by atoms with Gasteiger partial charge in [0.05, 0.1) is 18.4 Å². The number of benzene rings is 1. The van der Waals surface area contributed by atoms with Crippen molar-refractivity contribution >= 4 is 12.1 Å². The highest BCUT2D eigenvalue weighted by molar-refractivity contribution is 5.67. The zero-order chi connectivity index (χ0) is 20.9. The molecule has 1 fully saturated rings. The second-order valence-corrected chi connectivity index (χ2v) is 7.59. The molecule has 0 bridgehead atoms. The molecule has 0 atom stereocenters. The molecule has 2 aromatic heterocycles. The van der Waals surface area contributed by atoms with Crippen LogP contribution in [0.15, 0.2) is 28.8 Å². The lowest BCUT2D eigenvalue weighted by Crippen LogP contribution is -2.38. The minimum Gasteiger partial charge on any atom is -0.445 e. The standard InChI is InChI=1S/C20H25N7O3/c1-13-7-14(2)9-15(8-13)12-29-20(28)27-5-3-16(4-6-27)18-24-25-19(30-18)21-10-17-11-22-26-23-17/h7-9,11,16H,3-6,10,12H2,1-2H3,(H,21,25)(H,22,23,26). The average molecular weight is 411 g/mol. The Labute approximate surface area is 174 Å². The van der Waals surface area contributed by atoms with Gasteiger partial charge in [0.15, 0.2) is 0 Å². The highest BCUT2D eigenvalue weighted by Gasteiger charge is 2.28. The first-order valence-corrected chi connectivity index (χ1v) is 9.98. The van der Waals surface area contributed by atoms with Crippen molar-refractivity contribution in [3.8, 4) is 0 Å². The molecule has 0 saturated carbocycles. The maximum Gasteiger partial charge on any atom is 0.410 e. The largest absolute Gasteiger partial charge is 0.445 e. The third-order valence-electron chi connectivity index (χ3n) is 5.08. The second-order valence-electron chi connectivity index (χ2n) is 7.59. The lowest BCUT2D eigenvalue weighted by atomic mass is 9.97. The van der Waals surface area contributed by atoms with Crippen LogP contribution in [0.4, 0.5) is 10.8 Å². The monoisotopic (exact) mass is 411 g/mol. The van der Waals surface area contributed by atoms with Gasteiger partial charge in [-0.3, -0.25) is 5.10 Å². The Hall–Kier alpha value is -3.43. The second kappa shape index (κ2) is 8.93. The van der Waals surface area contributed by atoms with Gasteiger partial charge in [-0.2, -0.15) is 0 Å². The van der Waals surface area contributed by atoms with E-state index < -0.39 is 0 Å². The van der Waals surface area contributed by atoms with Gasteiger partial charge in [-0.1, -0.05) is 39.6 Å². The zero-order valence-corrected chi connectivity index (χ0v) is 17.1. The molecule has 1 amide bonds. The number of nitrogens with one attached hydrogen (secondary N) is 2. The van der Waals surface area contributed by atoms with Crippen LogP contribution < -0.4 is 5.32 Å². The summed E-state index contributed by atoms with van der Waals surface area (Å²) in [5, 5.41) is 21.3. The molecular formula is C20H25N7O3. The van der Waals surface area contributed by atoms with Crippen LogP contribution in [0.5, 0.6) is 0 Å². The molecule has 30 heavy (non-hydrogen) atoms. The quantitative estimate of drug-likeness (QED) is 0.635. The Morgan fingerprint density at radius 3 is 2.70 bits per heavy atom. The van der Waals surface area contributed by atoms with E-state index >= 15 is 0 Å².